The monoisotopic (exact) mass is 239 g/mol. The van der Waals surface area contributed by atoms with Crippen molar-refractivity contribution in [1.82, 2.24) is 15.1 Å². The predicted octanol–water partition coefficient (Wildman–Crippen LogP) is 1.26. The van der Waals surface area contributed by atoms with E-state index in [0.717, 1.165) is 11.8 Å². The summed E-state index contributed by atoms with van der Waals surface area (Å²) in [7, 11) is 2.30. The summed E-state index contributed by atoms with van der Waals surface area (Å²) in [6, 6.07) is 0. The van der Waals surface area contributed by atoms with Gasteiger partial charge >= 0.3 is 0 Å². The molecule has 1 saturated heterocycles. The molecule has 1 heterocycles. The molecule has 0 aromatic rings. The number of nitrogens with one attached hydrogen (secondary N) is 1. The third-order valence-electron chi connectivity index (χ3n) is 4.20. The van der Waals surface area contributed by atoms with Crippen molar-refractivity contribution in [2.45, 2.75) is 26.2 Å². The number of hydrogen-bond donors (Lipinski definition) is 1. The maximum absolute atomic E-state index is 3.42. The SMILES string of the molecule is CC(CN(C)CC1CCC1)CN1CCNCC1. The molecule has 17 heavy (non-hydrogen) atoms. The third kappa shape index (κ3) is 4.57. The van der Waals surface area contributed by atoms with Gasteiger partial charge in [-0.15, -0.1) is 0 Å². The largest absolute Gasteiger partial charge is 0.314 e. The Morgan fingerprint density at radius 3 is 2.59 bits per heavy atom. The number of hydrogen-bond acceptors (Lipinski definition) is 3. The number of rotatable bonds is 6. The smallest absolute Gasteiger partial charge is 0.0107 e. The van der Waals surface area contributed by atoms with Gasteiger partial charge in [0.15, 0.2) is 0 Å². The van der Waals surface area contributed by atoms with E-state index in [9.17, 15) is 0 Å². The molecular weight excluding hydrogens is 210 g/mol. The minimum atomic E-state index is 0.804. The first-order chi connectivity index (χ1) is 8.24. The van der Waals surface area contributed by atoms with Gasteiger partial charge in [0.05, 0.1) is 0 Å². The second-order valence-electron chi connectivity index (χ2n) is 6.17. The van der Waals surface area contributed by atoms with Crippen LogP contribution in [0.5, 0.6) is 0 Å². The Labute approximate surface area is 107 Å². The maximum Gasteiger partial charge on any atom is 0.0107 e. The lowest BCUT2D eigenvalue weighted by atomic mass is 9.85. The molecule has 0 radical (unpaired) electrons. The quantitative estimate of drug-likeness (QED) is 0.753. The molecule has 1 unspecified atom stereocenters. The van der Waals surface area contributed by atoms with E-state index in [1.807, 2.05) is 0 Å². The van der Waals surface area contributed by atoms with Gasteiger partial charge in [-0.2, -0.15) is 0 Å². The van der Waals surface area contributed by atoms with E-state index in [1.165, 1.54) is 65.1 Å². The highest BCUT2D eigenvalue weighted by molar-refractivity contribution is 4.75. The zero-order valence-electron chi connectivity index (χ0n) is 11.6. The van der Waals surface area contributed by atoms with Crippen molar-refractivity contribution >= 4 is 0 Å². The van der Waals surface area contributed by atoms with Crippen LogP contribution in [-0.4, -0.2) is 62.7 Å². The zero-order valence-corrected chi connectivity index (χ0v) is 11.6. The fourth-order valence-electron chi connectivity index (χ4n) is 3.11. The molecule has 0 spiro atoms. The van der Waals surface area contributed by atoms with E-state index in [0.29, 0.717) is 0 Å². The molecule has 1 atom stereocenters. The molecule has 1 aliphatic heterocycles. The van der Waals surface area contributed by atoms with Crippen molar-refractivity contribution in [3.8, 4) is 0 Å². The van der Waals surface area contributed by atoms with Crippen molar-refractivity contribution in [2.75, 3.05) is 52.9 Å². The van der Waals surface area contributed by atoms with Crippen LogP contribution < -0.4 is 5.32 Å². The number of piperazine rings is 1. The van der Waals surface area contributed by atoms with E-state index in [4.69, 9.17) is 0 Å². The minimum Gasteiger partial charge on any atom is -0.314 e. The minimum absolute atomic E-state index is 0.804. The van der Waals surface area contributed by atoms with Gasteiger partial charge in [0.25, 0.3) is 0 Å². The average molecular weight is 239 g/mol. The highest BCUT2D eigenvalue weighted by Gasteiger charge is 2.20. The summed E-state index contributed by atoms with van der Waals surface area (Å²) in [5, 5.41) is 3.42. The molecule has 0 amide bonds. The molecule has 0 aromatic carbocycles. The van der Waals surface area contributed by atoms with E-state index in [1.54, 1.807) is 0 Å². The van der Waals surface area contributed by atoms with Crippen LogP contribution in [0, 0.1) is 11.8 Å². The first-order valence-electron chi connectivity index (χ1n) is 7.35. The molecule has 0 aromatic heterocycles. The molecule has 1 aliphatic carbocycles. The Balaban J connectivity index is 1.59. The highest BCUT2D eigenvalue weighted by atomic mass is 15.2. The van der Waals surface area contributed by atoms with Gasteiger partial charge in [0, 0.05) is 45.8 Å². The number of nitrogens with zero attached hydrogens (tertiary/aromatic N) is 2. The Bertz CT molecular complexity index is 210. The lowest BCUT2D eigenvalue weighted by Crippen LogP contribution is -2.46. The third-order valence-corrected chi connectivity index (χ3v) is 4.20. The van der Waals surface area contributed by atoms with Gasteiger partial charge in [-0.25, -0.2) is 0 Å². The summed E-state index contributed by atoms with van der Waals surface area (Å²) >= 11 is 0. The van der Waals surface area contributed by atoms with Crippen molar-refractivity contribution in [3.05, 3.63) is 0 Å². The van der Waals surface area contributed by atoms with Crippen LogP contribution in [0.4, 0.5) is 0 Å². The normalized spacial score (nSPS) is 24.9. The lowest BCUT2D eigenvalue weighted by molar-refractivity contribution is 0.156. The highest BCUT2D eigenvalue weighted by Crippen LogP contribution is 2.26. The molecule has 1 N–H and O–H groups in total. The fourth-order valence-corrected chi connectivity index (χ4v) is 3.11. The van der Waals surface area contributed by atoms with E-state index < -0.39 is 0 Å². The van der Waals surface area contributed by atoms with Gasteiger partial charge in [-0.3, -0.25) is 0 Å². The van der Waals surface area contributed by atoms with Gasteiger partial charge in [-0.1, -0.05) is 13.3 Å². The van der Waals surface area contributed by atoms with Crippen molar-refractivity contribution in [3.63, 3.8) is 0 Å². The first-order valence-corrected chi connectivity index (χ1v) is 7.35. The van der Waals surface area contributed by atoms with Gasteiger partial charge < -0.3 is 15.1 Å². The van der Waals surface area contributed by atoms with Crippen LogP contribution >= 0.6 is 0 Å². The molecule has 3 heteroatoms. The summed E-state index contributed by atoms with van der Waals surface area (Å²) in [5.41, 5.74) is 0. The first kappa shape index (κ1) is 13.3. The van der Waals surface area contributed by atoms with Crippen LogP contribution in [0.1, 0.15) is 26.2 Å². The summed E-state index contributed by atoms with van der Waals surface area (Å²) in [4.78, 5) is 5.16. The molecular formula is C14H29N3. The Kier molecular flexibility index (Phi) is 5.26. The molecule has 2 fully saturated rings. The van der Waals surface area contributed by atoms with Gasteiger partial charge in [0.2, 0.25) is 0 Å². The Hall–Kier alpha value is -0.120. The van der Waals surface area contributed by atoms with Gasteiger partial charge in [0.1, 0.15) is 0 Å². The zero-order chi connectivity index (χ0) is 12.1. The maximum atomic E-state index is 3.42. The van der Waals surface area contributed by atoms with E-state index in [2.05, 4.69) is 29.1 Å². The molecule has 2 aliphatic rings. The topological polar surface area (TPSA) is 18.5 Å². The summed E-state index contributed by atoms with van der Waals surface area (Å²) in [6.45, 7) is 11.1. The standard InChI is InChI=1S/C14H29N3/c1-13(11-17-8-6-15-7-9-17)10-16(2)12-14-4-3-5-14/h13-15H,3-12H2,1-2H3. The van der Waals surface area contributed by atoms with E-state index >= 15 is 0 Å². The summed E-state index contributed by atoms with van der Waals surface area (Å²) < 4.78 is 0. The second-order valence-corrected chi connectivity index (χ2v) is 6.17. The Morgan fingerprint density at radius 1 is 1.29 bits per heavy atom. The molecule has 0 bridgehead atoms. The van der Waals surface area contributed by atoms with Crippen LogP contribution in [0.3, 0.4) is 0 Å². The van der Waals surface area contributed by atoms with Crippen LogP contribution in [0.25, 0.3) is 0 Å². The summed E-state index contributed by atoms with van der Waals surface area (Å²) in [5.74, 6) is 1.81. The summed E-state index contributed by atoms with van der Waals surface area (Å²) in [6.07, 6.45) is 4.40. The lowest BCUT2D eigenvalue weighted by Gasteiger charge is -2.34. The second kappa shape index (κ2) is 6.72. The fraction of sp³-hybridized carbons (Fsp3) is 1.00. The molecule has 1 saturated carbocycles. The van der Waals surface area contributed by atoms with Crippen LogP contribution in [-0.2, 0) is 0 Å². The molecule has 100 valence electrons. The molecule has 3 nitrogen and oxygen atoms in total. The predicted molar refractivity (Wildman–Crippen MR) is 73.3 cm³/mol. The van der Waals surface area contributed by atoms with Crippen molar-refractivity contribution in [1.29, 1.82) is 0 Å². The van der Waals surface area contributed by atoms with Crippen molar-refractivity contribution in [2.24, 2.45) is 11.8 Å². The van der Waals surface area contributed by atoms with Crippen LogP contribution in [0.2, 0.25) is 0 Å². The Morgan fingerprint density at radius 2 is 2.00 bits per heavy atom. The average Bonchev–Trinajstić information content (AvgIpc) is 2.25. The van der Waals surface area contributed by atoms with Crippen molar-refractivity contribution < 1.29 is 0 Å². The van der Waals surface area contributed by atoms with Crippen LogP contribution in [0.15, 0.2) is 0 Å². The van der Waals surface area contributed by atoms with E-state index in [-0.39, 0.29) is 0 Å². The van der Waals surface area contributed by atoms with Gasteiger partial charge in [-0.05, 0) is 31.7 Å². The molecule has 2 rings (SSSR count).